The van der Waals surface area contributed by atoms with E-state index in [9.17, 15) is 4.79 Å². The van der Waals surface area contributed by atoms with Crippen molar-refractivity contribution in [2.75, 3.05) is 14.2 Å². The van der Waals surface area contributed by atoms with Gasteiger partial charge in [-0.3, -0.25) is 0 Å². The molecule has 0 spiro atoms. The van der Waals surface area contributed by atoms with Crippen LogP contribution in [0.4, 0.5) is 0 Å². The van der Waals surface area contributed by atoms with Crippen LogP contribution in [-0.4, -0.2) is 30.0 Å². The number of aryl methyl sites for hydroxylation is 2. The highest BCUT2D eigenvalue weighted by atomic mass is 16.5. The molecule has 0 atom stereocenters. The third-order valence-electron chi connectivity index (χ3n) is 4.22. The fourth-order valence-electron chi connectivity index (χ4n) is 2.71. The summed E-state index contributed by atoms with van der Waals surface area (Å²) in [5, 5.41) is 4.56. The Morgan fingerprint density at radius 3 is 2.30 bits per heavy atom. The molecule has 0 saturated heterocycles. The molecule has 3 aromatic rings. The zero-order valence-electron chi connectivity index (χ0n) is 15.9. The van der Waals surface area contributed by atoms with Gasteiger partial charge in [-0.2, -0.15) is 5.10 Å². The summed E-state index contributed by atoms with van der Waals surface area (Å²) < 4.78 is 17.8. The van der Waals surface area contributed by atoms with Gasteiger partial charge in [-0.05, 0) is 37.1 Å². The van der Waals surface area contributed by atoms with Crippen LogP contribution in [0.2, 0.25) is 0 Å². The van der Waals surface area contributed by atoms with E-state index in [0.29, 0.717) is 22.9 Å². The lowest BCUT2D eigenvalue weighted by molar-refractivity contribution is 0.0722. The number of para-hydroxylation sites is 1. The van der Waals surface area contributed by atoms with Crippen LogP contribution < -0.4 is 14.2 Å². The summed E-state index contributed by atoms with van der Waals surface area (Å²) in [6.07, 6.45) is 0.733. The Morgan fingerprint density at radius 2 is 1.70 bits per heavy atom. The largest absolute Gasteiger partial charge is 0.497 e. The molecule has 0 unspecified atom stereocenters. The number of hydrogen-bond acceptors (Lipinski definition) is 5. The Labute approximate surface area is 158 Å². The summed E-state index contributed by atoms with van der Waals surface area (Å²) in [4.78, 5) is 12.7. The quantitative estimate of drug-likeness (QED) is 0.618. The smallest absolute Gasteiger partial charge is 0.345 e. The van der Waals surface area contributed by atoms with Gasteiger partial charge in [0.15, 0.2) is 0 Å². The van der Waals surface area contributed by atoms with Gasteiger partial charge in [0.1, 0.15) is 11.5 Å². The number of hydrogen-bond donors (Lipinski definition) is 0. The Bertz CT molecular complexity index is 940. The SMILES string of the molecule is CCc1cc(OC(=O)c2cc(OC)cc(OC)c2)n(-c2ccccc2C)n1. The molecule has 6 heteroatoms. The Hall–Kier alpha value is -3.28. The van der Waals surface area contributed by atoms with Gasteiger partial charge in [-0.1, -0.05) is 25.1 Å². The monoisotopic (exact) mass is 366 g/mol. The number of esters is 1. The van der Waals surface area contributed by atoms with Crippen LogP contribution in [0, 0.1) is 6.92 Å². The number of aromatic nitrogens is 2. The van der Waals surface area contributed by atoms with Crippen molar-refractivity contribution in [2.24, 2.45) is 0 Å². The molecule has 0 radical (unpaired) electrons. The third-order valence-corrected chi connectivity index (χ3v) is 4.22. The molecule has 1 aromatic heterocycles. The van der Waals surface area contributed by atoms with E-state index in [4.69, 9.17) is 14.2 Å². The topological polar surface area (TPSA) is 62.6 Å². The average molecular weight is 366 g/mol. The average Bonchev–Trinajstić information content (AvgIpc) is 3.10. The van der Waals surface area contributed by atoms with Gasteiger partial charge in [0.2, 0.25) is 5.88 Å². The zero-order valence-corrected chi connectivity index (χ0v) is 15.9. The molecule has 0 N–H and O–H groups in total. The van der Waals surface area contributed by atoms with Crippen LogP contribution in [0.5, 0.6) is 17.4 Å². The van der Waals surface area contributed by atoms with Crippen molar-refractivity contribution in [1.29, 1.82) is 0 Å². The van der Waals surface area contributed by atoms with Crippen LogP contribution in [0.1, 0.15) is 28.5 Å². The number of carbonyl (C=O) groups is 1. The van der Waals surface area contributed by atoms with Gasteiger partial charge < -0.3 is 14.2 Å². The van der Waals surface area contributed by atoms with E-state index in [1.165, 1.54) is 14.2 Å². The molecule has 0 bridgehead atoms. The number of benzene rings is 2. The molecular formula is C21H22N2O4. The van der Waals surface area contributed by atoms with Crippen LogP contribution in [0.15, 0.2) is 48.5 Å². The Kier molecular flexibility index (Phi) is 5.45. The van der Waals surface area contributed by atoms with E-state index in [2.05, 4.69) is 5.10 Å². The van der Waals surface area contributed by atoms with Gasteiger partial charge >= 0.3 is 5.97 Å². The van der Waals surface area contributed by atoms with E-state index in [1.54, 1.807) is 28.9 Å². The highest BCUT2D eigenvalue weighted by Gasteiger charge is 2.18. The number of nitrogens with zero attached hydrogens (tertiary/aromatic N) is 2. The van der Waals surface area contributed by atoms with E-state index in [1.807, 2.05) is 38.1 Å². The van der Waals surface area contributed by atoms with Gasteiger partial charge in [0.25, 0.3) is 0 Å². The van der Waals surface area contributed by atoms with Crippen LogP contribution >= 0.6 is 0 Å². The first-order chi connectivity index (χ1) is 13.0. The summed E-state index contributed by atoms with van der Waals surface area (Å²) in [6.45, 7) is 3.99. The second-order valence-corrected chi connectivity index (χ2v) is 6.02. The normalized spacial score (nSPS) is 10.5. The zero-order chi connectivity index (χ0) is 19.4. The number of rotatable bonds is 6. The third kappa shape index (κ3) is 3.95. The van der Waals surface area contributed by atoms with E-state index < -0.39 is 5.97 Å². The van der Waals surface area contributed by atoms with Crippen molar-refractivity contribution in [3.63, 3.8) is 0 Å². The molecule has 6 nitrogen and oxygen atoms in total. The van der Waals surface area contributed by atoms with Crippen LogP contribution in [-0.2, 0) is 6.42 Å². The minimum atomic E-state index is -0.510. The molecule has 0 fully saturated rings. The minimum absolute atomic E-state index is 0.335. The molecule has 27 heavy (non-hydrogen) atoms. The first kappa shape index (κ1) is 18.5. The lowest BCUT2D eigenvalue weighted by Gasteiger charge is -2.11. The maximum atomic E-state index is 12.7. The number of carbonyl (C=O) groups excluding carboxylic acids is 1. The standard InChI is InChI=1S/C21H22N2O4/c1-5-16-12-20(23(22-16)19-9-7-6-8-14(19)2)27-21(24)15-10-17(25-3)13-18(11-15)26-4/h6-13H,5H2,1-4H3. The molecule has 0 amide bonds. The van der Waals surface area contributed by atoms with Gasteiger partial charge in [0, 0.05) is 12.1 Å². The molecule has 0 saturated carbocycles. The highest BCUT2D eigenvalue weighted by Crippen LogP contribution is 2.26. The molecule has 2 aromatic carbocycles. The van der Waals surface area contributed by atoms with E-state index >= 15 is 0 Å². The minimum Gasteiger partial charge on any atom is -0.497 e. The number of ether oxygens (including phenoxy) is 3. The Morgan fingerprint density at radius 1 is 1.04 bits per heavy atom. The van der Waals surface area contributed by atoms with Crippen LogP contribution in [0.25, 0.3) is 5.69 Å². The number of methoxy groups -OCH3 is 2. The first-order valence-corrected chi connectivity index (χ1v) is 8.66. The van der Waals surface area contributed by atoms with Crippen molar-refractivity contribution in [1.82, 2.24) is 9.78 Å². The first-order valence-electron chi connectivity index (χ1n) is 8.66. The van der Waals surface area contributed by atoms with Gasteiger partial charge in [-0.15, -0.1) is 0 Å². The summed E-state index contributed by atoms with van der Waals surface area (Å²) in [6, 6.07) is 14.5. The molecule has 140 valence electrons. The van der Waals surface area contributed by atoms with Gasteiger partial charge in [-0.25, -0.2) is 9.48 Å². The fourth-order valence-corrected chi connectivity index (χ4v) is 2.71. The lowest BCUT2D eigenvalue weighted by atomic mass is 10.2. The van der Waals surface area contributed by atoms with Crippen molar-refractivity contribution in [3.8, 4) is 23.1 Å². The molecule has 1 heterocycles. The predicted octanol–water partition coefficient (Wildman–Crippen LogP) is 3.98. The maximum Gasteiger partial charge on any atom is 0.345 e. The summed E-state index contributed by atoms with van der Waals surface area (Å²) in [7, 11) is 3.06. The second-order valence-electron chi connectivity index (χ2n) is 6.02. The van der Waals surface area contributed by atoms with Crippen molar-refractivity contribution < 1.29 is 19.0 Å². The van der Waals surface area contributed by atoms with Gasteiger partial charge in [0.05, 0.1) is 31.2 Å². The Balaban J connectivity index is 1.97. The molecule has 0 aliphatic rings. The van der Waals surface area contributed by atoms with Crippen LogP contribution in [0.3, 0.4) is 0 Å². The summed E-state index contributed by atoms with van der Waals surface area (Å²) >= 11 is 0. The second kappa shape index (κ2) is 7.95. The summed E-state index contributed by atoms with van der Waals surface area (Å²) in [5.41, 5.74) is 3.07. The molecule has 0 aliphatic carbocycles. The van der Waals surface area contributed by atoms with Crippen molar-refractivity contribution in [3.05, 3.63) is 65.4 Å². The van der Waals surface area contributed by atoms with Crippen molar-refractivity contribution in [2.45, 2.75) is 20.3 Å². The molecule has 3 rings (SSSR count). The summed E-state index contributed by atoms with van der Waals surface area (Å²) in [5.74, 6) is 0.892. The molecular weight excluding hydrogens is 344 g/mol. The highest BCUT2D eigenvalue weighted by molar-refractivity contribution is 5.92. The molecule has 0 aliphatic heterocycles. The predicted molar refractivity (Wildman–Crippen MR) is 102 cm³/mol. The fraction of sp³-hybridized carbons (Fsp3) is 0.238. The van der Waals surface area contributed by atoms with E-state index in [-0.39, 0.29) is 0 Å². The van der Waals surface area contributed by atoms with Crippen molar-refractivity contribution >= 4 is 5.97 Å². The van der Waals surface area contributed by atoms with E-state index in [0.717, 1.165) is 23.4 Å². The lowest BCUT2D eigenvalue weighted by Crippen LogP contribution is -2.12. The maximum absolute atomic E-state index is 12.7.